The summed E-state index contributed by atoms with van der Waals surface area (Å²) in [5.41, 5.74) is 13.5. The molecule has 2 aliphatic rings. The fourth-order valence-electron chi connectivity index (χ4n) is 9.30. The molecule has 0 atom stereocenters. The quantitative estimate of drug-likeness (QED) is 0.152. The smallest absolute Gasteiger partial charge is 0.137 e. The summed E-state index contributed by atoms with van der Waals surface area (Å²) in [5.74, 6) is 2.32. The Bertz CT molecular complexity index is 3180. The minimum Gasteiger partial charge on any atom is -0.456 e. The zero-order chi connectivity index (χ0) is 42.7. The lowest BCUT2D eigenvalue weighted by Gasteiger charge is -2.31. The first kappa shape index (κ1) is 37.3. The summed E-state index contributed by atoms with van der Waals surface area (Å²) >= 11 is 0. The second-order valence-corrected chi connectivity index (χ2v) is 15.9. The van der Waals surface area contributed by atoms with Crippen molar-refractivity contribution in [2.45, 2.75) is 0 Å². The van der Waals surface area contributed by atoms with Crippen LogP contribution in [0.25, 0.3) is 55.3 Å². The molecule has 0 fully saturated rings. The molecule has 0 unspecified atom stereocenters. The Morgan fingerprint density at radius 2 is 0.641 bits per heavy atom. The number of nitrogens with zero attached hydrogens (tertiary/aromatic N) is 2. The van der Waals surface area contributed by atoms with E-state index in [1.807, 2.05) is 72.8 Å². The van der Waals surface area contributed by atoms with Crippen LogP contribution in [0.15, 0.2) is 218 Å². The topological polar surface area (TPSA) is 24.9 Å². The number of hydrogen-bond donors (Lipinski definition) is 0. The van der Waals surface area contributed by atoms with Crippen molar-refractivity contribution in [2.75, 3.05) is 9.80 Å². The average molecular weight is 831 g/mol. The van der Waals surface area contributed by atoms with Gasteiger partial charge in [-0.15, -0.1) is 0 Å². The van der Waals surface area contributed by atoms with Gasteiger partial charge in [-0.25, -0.2) is 8.78 Å². The number of ether oxygens (including phenoxy) is 2. The predicted molar refractivity (Wildman–Crippen MR) is 255 cm³/mol. The molecule has 2 aliphatic heterocycles. The maximum absolute atomic E-state index is 14.3. The predicted octanol–water partition coefficient (Wildman–Crippen LogP) is 16.9. The van der Waals surface area contributed by atoms with Crippen LogP contribution in [0.2, 0.25) is 0 Å². The van der Waals surface area contributed by atoms with E-state index in [0.717, 1.165) is 112 Å². The molecule has 304 valence electrons. The number of fused-ring (bicyclic) bond motifs is 4. The van der Waals surface area contributed by atoms with E-state index in [4.69, 9.17) is 9.47 Å². The molecule has 0 radical (unpaired) electrons. The van der Waals surface area contributed by atoms with E-state index >= 15 is 0 Å². The van der Waals surface area contributed by atoms with Crippen molar-refractivity contribution >= 4 is 44.9 Å². The molecule has 0 saturated carbocycles. The summed E-state index contributed by atoms with van der Waals surface area (Å²) < 4.78 is 42.4. The van der Waals surface area contributed by atoms with Crippen molar-refractivity contribution in [1.29, 1.82) is 0 Å². The van der Waals surface area contributed by atoms with Gasteiger partial charge in [0, 0.05) is 67.9 Å². The summed E-state index contributed by atoms with van der Waals surface area (Å²) in [7, 11) is 0. The van der Waals surface area contributed by atoms with Gasteiger partial charge in [0.1, 0.15) is 34.6 Å². The van der Waals surface area contributed by atoms with Gasteiger partial charge in [0.25, 0.3) is 0 Å². The number of para-hydroxylation sites is 2. The Labute approximate surface area is 369 Å². The van der Waals surface area contributed by atoms with Crippen LogP contribution in [-0.4, -0.2) is 0 Å². The molecule has 10 aromatic rings. The zero-order valence-corrected chi connectivity index (χ0v) is 34.3. The number of hydrogen-bond acceptors (Lipinski definition) is 4. The van der Waals surface area contributed by atoms with Gasteiger partial charge < -0.3 is 19.3 Å². The highest BCUT2D eigenvalue weighted by Crippen LogP contribution is 2.57. The first-order chi connectivity index (χ1) is 31.6. The minimum atomic E-state index is -0.297. The van der Waals surface area contributed by atoms with E-state index in [1.165, 1.54) is 24.3 Å². The van der Waals surface area contributed by atoms with Crippen LogP contribution in [0.1, 0.15) is 0 Å². The third kappa shape index (κ3) is 6.26. The van der Waals surface area contributed by atoms with E-state index in [0.29, 0.717) is 0 Å². The average Bonchev–Trinajstić information content (AvgIpc) is 3.35. The largest absolute Gasteiger partial charge is 0.456 e. The maximum Gasteiger partial charge on any atom is 0.137 e. The molecular formula is C58H36F2N2O2. The molecule has 0 aliphatic carbocycles. The van der Waals surface area contributed by atoms with Crippen LogP contribution in [0.4, 0.5) is 42.9 Å². The van der Waals surface area contributed by atoms with Crippen molar-refractivity contribution < 1.29 is 18.3 Å². The highest BCUT2D eigenvalue weighted by Gasteiger charge is 2.30. The van der Waals surface area contributed by atoms with Crippen molar-refractivity contribution in [3.63, 3.8) is 0 Å². The van der Waals surface area contributed by atoms with Crippen LogP contribution in [0, 0.1) is 11.6 Å². The Morgan fingerprint density at radius 1 is 0.281 bits per heavy atom. The van der Waals surface area contributed by atoms with E-state index in [2.05, 4.69) is 107 Å². The number of halogens is 2. The van der Waals surface area contributed by atoms with Crippen LogP contribution in [0.3, 0.4) is 0 Å². The van der Waals surface area contributed by atoms with Gasteiger partial charge in [-0.3, -0.25) is 0 Å². The molecule has 0 spiro atoms. The Morgan fingerprint density at radius 3 is 1.06 bits per heavy atom. The lowest BCUT2D eigenvalue weighted by molar-refractivity contribution is 0.480. The molecule has 10 aromatic carbocycles. The maximum atomic E-state index is 14.3. The first-order valence-electron chi connectivity index (χ1n) is 21.2. The standard InChI is InChI=1S/C58H36F2N2O2/c59-39-19-23-41(24-20-39)61(51-17-9-7-15-45(51)37-11-3-1-4-12-37)43-27-29-47-49-31-34-54-58-50(32-33-53(57(49)58)63-55(47)35-43)48-30-28-44(36-56(48)64-54)62(42-25-21-40(60)22-26-42)52-18-10-8-16-46(52)38-13-5-2-6-14-38/h1-36H. The van der Waals surface area contributed by atoms with Gasteiger partial charge in [-0.2, -0.15) is 0 Å². The molecule has 0 saturated heterocycles. The van der Waals surface area contributed by atoms with Crippen molar-refractivity contribution in [2.24, 2.45) is 0 Å². The third-order valence-electron chi connectivity index (χ3n) is 12.2. The van der Waals surface area contributed by atoms with Crippen LogP contribution in [-0.2, 0) is 0 Å². The number of rotatable bonds is 8. The second-order valence-electron chi connectivity index (χ2n) is 15.9. The van der Waals surface area contributed by atoms with E-state index < -0.39 is 0 Å². The Kier molecular flexibility index (Phi) is 8.83. The van der Waals surface area contributed by atoms with E-state index in [1.54, 1.807) is 24.3 Å². The number of anilines is 6. The van der Waals surface area contributed by atoms with Crippen LogP contribution in [0.5, 0.6) is 23.0 Å². The fraction of sp³-hybridized carbons (Fsp3) is 0. The zero-order valence-electron chi connectivity index (χ0n) is 34.3. The van der Waals surface area contributed by atoms with Crippen molar-refractivity contribution in [3.05, 3.63) is 230 Å². The SMILES string of the molecule is Fc1ccc(N(c2ccc3c(c2)Oc2ccc4c5c(ccc-3c25)Oc2cc(N(c3ccc(F)cc3)c3ccccc3-c3ccccc3)ccc2-4)c2ccccc2-c2ccccc2)cc1. The Balaban J connectivity index is 0.955. The monoisotopic (exact) mass is 830 g/mol. The first-order valence-corrected chi connectivity index (χ1v) is 21.2. The van der Waals surface area contributed by atoms with Gasteiger partial charge in [0.2, 0.25) is 0 Å². The molecule has 0 amide bonds. The third-order valence-corrected chi connectivity index (χ3v) is 12.2. The summed E-state index contributed by atoms with van der Waals surface area (Å²) in [5, 5.41) is 1.97. The van der Waals surface area contributed by atoms with E-state index in [9.17, 15) is 8.78 Å². The fourth-order valence-corrected chi connectivity index (χ4v) is 9.30. The molecule has 12 rings (SSSR count). The van der Waals surface area contributed by atoms with Crippen LogP contribution >= 0.6 is 0 Å². The molecule has 64 heavy (non-hydrogen) atoms. The van der Waals surface area contributed by atoms with Crippen molar-refractivity contribution in [3.8, 4) is 67.5 Å². The summed E-state index contributed by atoms with van der Waals surface area (Å²) in [6.45, 7) is 0. The molecule has 2 heterocycles. The van der Waals surface area contributed by atoms with Gasteiger partial charge in [-0.05, 0) is 131 Å². The highest BCUT2D eigenvalue weighted by molar-refractivity contribution is 6.14. The van der Waals surface area contributed by atoms with Gasteiger partial charge in [0.05, 0.1) is 11.4 Å². The molecule has 0 N–H and O–H groups in total. The molecular weight excluding hydrogens is 795 g/mol. The van der Waals surface area contributed by atoms with E-state index in [-0.39, 0.29) is 11.6 Å². The normalized spacial score (nSPS) is 11.8. The lowest BCUT2D eigenvalue weighted by atomic mass is 9.88. The summed E-state index contributed by atoms with van der Waals surface area (Å²) in [4.78, 5) is 4.30. The van der Waals surface area contributed by atoms with Crippen LogP contribution < -0.4 is 19.3 Å². The van der Waals surface area contributed by atoms with Crippen molar-refractivity contribution in [1.82, 2.24) is 0 Å². The summed E-state index contributed by atoms with van der Waals surface area (Å²) in [6.07, 6.45) is 0. The molecule has 4 nitrogen and oxygen atoms in total. The molecule has 6 heteroatoms. The minimum absolute atomic E-state index is 0.297. The molecule has 0 aromatic heterocycles. The second kappa shape index (κ2) is 15.2. The summed E-state index contributed by atoms with van der Waals surface area (Å²) in [6, 6.07) is 71.2. The Hall–Kier alpha value is -8.48. The number of benzene rings is 10. The van der Waals surface area contributed by atoms with Gasteiger partial charge >= 0.3 is 0 Å². The van der Waals surface area contributed by atoms with Gasteiger partial charge in [0.15, 0.2) is 0 Å². The molecule has 0 bridgehead atoms. The lowest BCUT2D eigenvalue weighted by Crippen LogP contribution is -2.12. The highest BCUT2D eigenvalue weighted by atomic mass is 19.1. The van der Waals surface area contributed by atoms with Gasteiger partial charge in [-0.1, -0.05) is 97.1 Å².